The summed E-state index contributed by atoms with van der Waals surface area (Å²) in [4.78, 5) is 32.6. The number of hydrogen-bond donors (Lipinski definition) is 3. The number of phenols is 1. The Bertz CT molecular complexity index is 2370. The summed E-state index contributed by atoms with van der Waals surface area (Å²) < 4.78 is 41.6. The highest BCUT2D eigenvalue weighted by molar-refractivity contribution is 6.03. The second kappa shape index (κ2) is 11.3. The van der Waals surface area contributed by atoms with Gasteiger partial charge in [-0.25, -0.2) is 18.6 Å². The zero-order valence-electron chi connectivity index (χ0n) is 25.9. The summed E-state index contributed by atoms with van der Waals surface area (Å²) in [6.45, 7) is 3.36. The largest absolute Gasteiger partial charge is 0.508 e. The number of hydrogen-bond acceptors (Lipinski definition) is 9. The van der Waals surface area contributed by atoms with Crippen LogP contribution in [-0.4, -0.2) is 61.3 Å². The van der Waals surface area contributed by atoms with Crippen LogP contribution in [0.25, 0.3) is 44.0 Å². The molecule has 0 saturated carbocycles. The van der Waals surface area contributed by atoms with Gasteiger partial charge in [-0.3, -0.25) is 4.90 Å². The molecule has 0 radical (unpaired) electrons. The number of ether oxygens (including phenoxy) is 1. The third-order valence-electron chi connectivity index (χ3n) is 9.60. The lowest BCUT2D eigenvalue weighted by Gasteiger charge is -2.30. The number of terminal acetylenes is 1. The third kappa shape index (κ3) is 4.89. The number of aryl methyl sites for hydroxylation is 1. The summed E-state index contributed by atoms with van der Waals surface area (Å²) in [5, 5.41) is 14.7. The summed E-state index contributed by atoms with van der Waals surface area (Å²) in [6, 6.07) is 11.3. The number of aromatic amines is 1. The van der Waals surface area contributed by atoms with Crippen LogP contribution in [0.5, 0.6) is 11.8 Å². The molecule has 2 aliphatic heterocycles. The molecule has 3 aromatic carbocycles. The van der Waals surface area contributed by atoms with Crippen molar-refractivity contribution in [2.24, 2.45) is 0 Å². The Hall–Kier alpha value is -5.54. The average molecular weight is 649 g/mol. The molecule has 2 fully saturated rings. The Labute approximate surface area is 272 Å². The van der Waals surface area contributed by atoms with Gasteiger partial charge in [0, 0.05) is 36.0 Å². The van der Waals surface area contributed by atoms with Crippen molar-refractivity contribution in [2.45, 2.75) is 44.4 Å². The molecule has 0 bridgehead atoms. The summed E-state index contributed by atoms with van der Waals surface area (Å²) in [5.41, 5.74) is 2.23. The number of fused-ring (bicyclic) bond motifs is 4. The van der Waals surface area contributed by atoms with Crippen molar-refractivity contribution < 1.29 is 23.0 Å². The number of benzene rings is 3. The Morgan fingerprint density at radius 1 is 1.23 bits per heavy atom. The van der Waals surface area contributed by atoms with Crippen LogP contribution < -0.4 is 15.7 Å². The van der Waals surface area contributed by atoms with Gasteiger partial charge in [0.25, 0.3) is 0 Å². The van der Waals surface area contributed by atoms with Crippen LogP contribution in [0.15, 0.2) is 58.0 Å². The van der Waals surface area contributed by atoms with Gasteiger partial charge in [-0.05, 0) is 67.6 Å². The topological polar surface area (TPSA) is 129 Å². The van der Waals surface area contributed by atoms with Gasteiger partial charge in [0.1, 0.15) is 41.3 Å². The zero-order valence-corrected chi connectivity index (χ0v) is 25.9. The van der Waals surface area contributed by atoms with Crippen LogP contribution in [0.3, 0.4) is 0 Å². The van der Waals surface area contributed by atoms with E-state index in [9.17, 15) is 18.7 Å². The molecule has 12 heteroatoms. The van der Waals surface area contributed by atoms with E-state index in [4.69, 9.17) is 15.6 Å². The molecule has 2 atom stereocenters. The van der Waals surface area contributed by atoms with Crippen molar-refractivity contribution in [2.75, 3.05) is 25.0 Å². The molecule has 48 heavy (non-hydrogen) atoms. The lowest BCUT2D eigenvalue weighted by Crippen LogP contribution is -2.43. The number of halogens is 2. The number of imidazole rings is 1. The lowest BCUT2D eigenvalue weighted by molar-refractivity contribution is 0.107. The van der Waals surface area contributed by atoms with Gasteiger partial charge in [0.2, 0.25) is 0 Å². The number of phenolic OH excluding ortho intramolecular Hbond substituents is 1. The number of nitrogens with zero attached hydrogens (tertiary/aromatic N) is 4. The van der Waals surface area contributed by atoms with Gasteiger partial charge >= 0.3 is 11.6 Å². The Morgan fingerprint density at radius 2 is 2.10 bits per heavy atom. The maximum atomic E-state index is 14.9. The Balaban J connectivity index is 1.27. The van der Waals surface area contributed by atoms with Crippen LogP contribution in [0.4, 0.5) is 14.6 Å². The van der Waals surface area contributed by atoms with Crippen LogP contribution in [0.2, 0.25) is 0 Å². The average Bonchev–Trinajstić information content (AvgIpc) is 3.78. The lowest BCUT2D eigenvalue weighted by atomic mass is 9.95. The van der Waals surface area contributed by atoms with Gasteiger partial charge in [-0.1, -0.05) is 18.1 Å². The van der Waals surface area contributed by atoms with E-state index in [1.165, 1.54) is 24.3 Å². The molecular weight excluding hydrogens is 618 g/mol. The second-order valence-corrected chi connectivity index (χ2v) is 12.6. The van der Waals surface area contributed by atoms with E-state index in [0.29, 0.717) is 35.8 Å². The molecule has 8 rings (SSSR count). The summed E-state index contributed by atoms with van der Waals surface area (Å²) >= 11 is 0. The monoisotopic (exact) mass is 648 g/mol. The van der Waals surface area contributed by atoms with E-state index in [-0.39, 0.29) is 52.0 Å². The van der Waals surface area contributed by atoms with Crippen molar-refractivity contribution >= 4 is 38.5 Å². The zero-order chi connectivity index (χ0) is 33.2. The van der Waals surface area contributed by atoms with E-state index in [0.717, 1.165) is 36.0 Å². The SMILES string of the molecule is C#Cc1c(F)ccc2cc(O)cc(-c3oc(=O)c4c(NCc5ccc6nc[nH]c6c5)nc(OC[C@@]56CCCN5C[C@H](F)C6)nc4c3C)c12. The first-order valence-corrected chi connectivity index (χ1v) is 15.7. The fourth-order valence-corrected chi connectivity index (χ4v) is 7.35. The van der Waals surface area contributed by atoms with Gasteiger partial charge in [-0.15, -0.1) is 6.42 Å². The predicted octanol–water partition coefficient (Wildman–Crippen LogP) is 5.98. The molecule has 2 aliphatic rings. The van der Waals surface area contributed by atoms with Crippen LogP contribution in [0, 0.1) is 25.1 Å². The molecule has 0 spiro atoms. The fourth-order valence-electron chi connectivity index (χ4n) is 7.35. The minimum atomic E-state index is -0.930. The molecule has 10 nitrogen and oxygen atoms in total. The smallest absolute Gasteiger partial charge is 0.349 e. The maximum absolute atomic E-state index is 14.9. The first-order valence-electron chi connectivity index (χ1n) is 15.7. The van der Waals surface area contributed by atoms with Crippen molar-refractivity contribution in [3.8, 4) is 35.4 Å². The first kappa shape index (κ1) is 29.8. The summed E-state index contributed by atoms with van der Waals surface area (Å²) in [5.74, 6) is 1.90. The molecule has 0 amide bonds. The molecule has 0 aliphatic carbocycles. The highest BCUT2D eigenvalue weighted by Crippen LogP contribution is 2.41. The minimum absolute atomic E-state index is 0.00771. The quantitative estimate of drug-likeness (QED) is 0.179. The van der Waals surface area contributed by atoms with Crippen LogP contribution >= 0.6 is 0 Å². The first-order chi connectivity index (χ1) is 23.2. The third-order valence-corrected chi connectivity index (χ3v) is 9.60. The van der Waals surface area contributed by atoms with Gasteiger partial charge in [0.15, 0.2) is 0 Å². The van der Waals surface area contributed by atoms with E-state index in [2.05, 4.69) is 36.1 Å². The van der Waals surface area contributed by atoms with Crippen molar-refractivity contribution in [3.63, 3.8) is 0 Å². The fraction of sp³-hybridized carbons (Fsp3) is 0.278. The van der Waals surface area contributed by atoms with E-state index < -0.39 is 23.2 Å². The Morgan fingerprint density at radius 3 is 2.96 bits per heavy atom. The molecule has 3 N–H and O–H groups in total. The Kier molecular flexibility index (Phi) is 7.03. The molecule has 2 saturated heterocycles. The number of alkyl halides is 1. The number of nitrogens with one attached hydrogen (secondary N) is 2. The highest BCUT2D eigenvalue weighted by atomic mass is 19.1. The van der Waals surface area contributed by atoms with E-state index >= 15 is 0 Å². The maximum Gasteiger partial charge on any atom is 0.349 e. The predicted molar refractivity (Wildman–Crippen MR) is 177 cm³/mol. The van der Waals surface area contributed by atoms with E-state index in [1.807, 2.05) is 18.2 Å². The van der Waals surface area contributed by atoms with Crippen LogP contribution in [-0.2, 0) is 6.54 Å². The van der Waals surface area contributed by atoms with Crippen molar-refractivity contribution in [1.29, 1.82) is 0 Å². The molecule has 242 valence electrons. The molecular formula is C36H30F2N6O4. The number of anilines is 1. The number of rotatable bonds is 7. The molecule has 6 aromatic rings. The highest BCUT2D eigenvalue weighted by Gasteiger charge is 2.49. The molecule has 3 aromatic heterocycles. The standard InChI is InChI=1S/C36H30F2N6O4/c1-3-24-26(38)7-6-21-12-23(45)13-25(29(21)24)32-19(2)31-30(34(46)48-32)33(39-15-20-5-8-27-28(11-20)41-18-40-27)43-35(42-31)47-17-36-9-4-10-44(36)16-22(37)14-36/h1,5-8,11-13,18,22,45H,4,9-10,14-17H2,2H3,(H,40,41)(H,39,42,43)/t22-,36+/m1/s1. The molecule has 0 unspecified atom stereocenters. The molecule has 5 heterocycles. The summed E-state index contributed by atoms with van der Waals surface area (Å²) in [7, 11) is 0. The van der Waals surface area contributed by atoms with Crippen molar-refractivity contribution in [3.05, 3.63) is 81.7 Å². The van der Waals surface area contributed by atoms with Crippen LogP contribution in [0.1, 0.15) is 36.0 Å². The number of aromatic nitrogens is 4. The van der Waals surface area contributed by atoms with Gasteiger partial charge in [0.05, 0.1) is 34.0 Å². The second-order valence-electron chi connectivity index (χ2n) is 12.6. The van der Waals surface area contributed by atoms with Gasteiger partial charge in [-0.2, -0.15) is 9.97 Å². The normalized spacial score (nSPS) is 19.2. The van der Waals surface area contributed by atoms with Gasteiger partial charge < -0.3 is 24.6 Å². The summed E-state index contributed by atoms with van der Waals surface area (Å²) in [6.07, 6.45) is 8.52. The number of H-pyrrole nitrogens is 1. The van der Waals surface area contributed by atoms with E-state index in [1.54, 1.807) is 13.3 Å². The minimum Gasteiger partial charge on any atom is -0.508 e. The number of aromatic hydroxyl groups is 1. The van der Waals surface area contributed by atoms with Crippen molar-refractivity contribution in [1.82, 2.24) is 24.8 Å².